The number of imide groups is 1. The van der Waals surface area contributed by atoms with Crippen LogP contribution in [0.2, 0.25) is 0 Å². The summed E-state index contributed by atoms with van der Waals surface area (Å²) in [6, 6.07) is 5.46. The molecule has 8 heteroatoms. The molecule has 26 heavy (non-hydrogen) atoms. The molecular weight excluding hydrogens is 420 g/mol. The Kier molecular flexibility index (Phi) is 7.28. The lowest BCUT2D eigenvalue weighted by Crippen LogP contribution is -2.41. The van der Waals surface area contributed by atoms with E-state index >= 15 is 0 Å². The highest BCUT2D eigenvalue weighted by atomic mass is 79.9. The first-order valence-corrected chi connectivity index (χ1v) is 9.97. The number of carbonyl (C=O) groups excluding carboxylic acids is 3. The molecule has 0 aromatic heterocycles. The Morgan fingerprint density at radius 3 is 2.58 bits per heavy atom. The maximum Gasteiger partial charge on any atom is 0.294 e. The molecule has 0 atom stereocenters. The number of benzene rings is 1. The molecule has 6 nitrogen and oxygen atoms in total. The molecule has 0 saturated carbocycles. The molecule has 0 aliphatic carbocycles. The lowest BCUT2D eigenvalue weighted by Gasteiger charge is -2.21. The number of halogens is 1. The summed E-state index contributed by atoms with van der Waals surface area (Å²) in [4.78, 5) is 39.9. The van der Waals surface area contributed by atoms with Crippen LogP contribution in [0.25, 0.3) is 6.08 Å². The fraction of sp³-hybridized carbons (Fsp3) is 0.389. The molecule has 0 bridgehead atoms. The van der Waals surface area contributed by atoms with Gasteiger partial charge >= 0.3 is 0 Å². The summed E-state index contributed by atoms with van der Waals surface area (Å²) in [5.74, 6) is -0.0688. The van der Waals surface area contributed by atoms with Crippen molar-refractivity contribution in [1.29, 1.82) is 0 Å². The van der Waals surface area contributed by atoms with Crippen molar-refractivity contribution < 1.29 is 19.1 Å². The number of hydrogen-bond acceptors (Lipinski definition) is 5. The van der Waals surface area contributed by atoms with E-state index in [1.165, 1.54) is 0 Å². The van der Waals surface area contributed by atoms with E-state index in [1.54, 1.807) is 17.0 Å². The van der Waals surface area contributed by atoms with Gasteiger partial charge in [-0.2, -0.15) is 0 Å². The van der Waals surface area contributed by atoms with Gasteiger partial charge in [-0.1, -0.05) is 15.9 Å². The molecular formula is C18H21BrN2O4S. The van der Waals surface area contributed by atoms with Gasteiger partial charge < -0.3 is 9.64 Å². The number of nitrogens with zero attached hydrogens (tertiary/aromatic N) is 2. The minimum Gasteiger partial charge on any atom is -0.493 e. The van der Waals surface area contributed by atoms with Gasteiger partial charge in [0, 0.05) is 23.1 Å². The van der Waals surface area contributed by atoms with E-state index in [9.17, 15) is 14.4 Å². The topological polar surface area (TPSA) is 66.9 Å². The second-order valence-electron chi connectivity index (χ2n) is 5.45. The maximum absolute atomic E-state index is 12.6. The van der Waals surface area contributed by atoms with E-state index in [4.69, 9.17) is 4.74 Å². The lowest BCUT2D eigenvalue weighted by molar-refractivity contribution is -0.135. The van der Waals surface area contributed by atoms with Crippen molar-refractivity contribution in [3.63, 3.8) is 0 Å². The molecule has 140 valence electrons. The molecule has 1 heterocycles. The number of carbonyl (C=O) groups is 3. The Morgan fingerprint density at radius 1 is 1.27 bits per heavy atom. The van der Waals surface area contributed by atoms with Crippen LogP contribution in [0.3, 0.4) is 0 Å². The van der Waals surface area contributed by atoms with Crippen LogP contribution in [-0.4, -0.2) is 53.1 Å². The van der Waals surface area contributed by atoms with Gasteiger partial charge in [0.05, 0.1) is 11.5 Å². The van der Waals surface area contributed by atoms with Crippen molar-refractivity contribution in [3.8, 4) is 5.75 Å². The van der Waals surface area contributed by atoms with Crippen molar-refractivity contribution in [2.24, 2.45) is 0 Å². The number of rotatable bonds is 7. The molecule has 1 aromatic carbocycles. The SMILES string of the molecule is CCOc1ccc(Br)cc1/C=C1\SC(=O)N(CC(=O)N(CC)CC)C1=O. The molecule has 1 fully saturated rings. The van der Waals surface area contributed by atoms with E-state index < -0.39 is 11.1 Å². The van der Waals surface area contributed by atoms with E-state index in [2.05, 4.69) is 15.9 Å². The summed E-state index contributed by atoms with van der Waals surface area (Å²) in [7, 11) is 0. The first-order chi connectivity index (χ1) is 12.4. The molecule has 3 amide bonds. The predicted molar refractivity (Wildman–Crippen MR) is 106 cm³/mol. The second kappa shape index (κ2) is 9.23. The Morgan fingerprint density at radius 2 is 1.96 bits per heavy atom. The summed E-state index contributed by atoms with van der Waals surface area (Å²) in [5.41, 5.74) is 0.696. The van der Waals surface area contributed by atoms with Crippen molar-refractivity contribution in [2.45, 2.75) is 20.8 Å². The van der Waals surface area contributed by atoms with Crippen molar-refractivity contribution in [3.05, 3.63) is 33.1 Å². The van der Waals surface area contributed by atoms with Crippen LogP contribution < -0.4 is 4.74 Å². The van der Waals surface area contributed by atoms with Crippen LogP contribution in [-0.2, 0) is 9.59 Å². The Balaban J connectivity index is 2.24. The summed E-state index contributed by atoms with van der Waals surface area (Å²) < 4.78 is 6.41. The highest BCUT2D eigenvalue weighted by Crippen LogP contribution is 2.34. The van der Waals surface area contributed by atoms with E-state index in [0.717, 1.165) is 21.1 Å². The van der Waals surface area contributed by atoms with Crippen LogP contribution in [0.4, 0.5) is 4.79 Å². The quantitative estimate of drug-likeness (QED) is 0.603. The maximum atomic E-state index is 12.6. The largest absolute Gasteiger partial charge is 0.493 e. The van der Waals surface area contributed by atoms with E-state index in [-0.39, 0.29) is 17.4 Å². The van der Waals surface area contributed by atoms with Gasteiger partial charge in [0.1, 0.15) is 12.3 Å². The molecule has 0 radical (unpaired) electrons. The average Bonchev–Trinajstić information content (AvgIpc) is 2.86. The number of thioether (sulfide) groups is 1. The van der Waals surface area contributed by atoms with Gasteiger partial charge in [-0.15, -0.1) is 0 Å². The first kappa shape index (κ1) is 20.5. The Hall–Kier alpha value is -1.80. The highest BCUT2D eigenvalue weighted by molar-refractivity contribution is 9.10. The minimum atomic E-state index is -0.456. The predicted octanol–water partition coefficient (Wildman–Crippen LogP) is 3.75. The molecule has 1 aromatic rings. The fourth-order valence-electron chi connectivity index (χ4n) is 2.51. The average molecular weight is 441 g/mol. The smallest absolute Gasteiger partial charge is 0.294 e. The summed E-state index contributed by atoms with van der Waals surface area (Å²) in [6.45, 7) is 6.92. The van der Waals surface area contributed by atoms with Gasteiger partial charge in [-0.25, -0.2) is 0 Å². The van der Waals surface area contributed by atoms with Crippen LogP contribution in [0.15, 0.2) is 27.6 Å². The van der Waals surface area contributed by atoms with Crippen molar-refractivity contribution in [2.75, 3.05) is 26.2 Å². The summed E-state index contributed by atoms with van der Waals surface area (Å²) in [5, 5.41) is -0.435. The molecule has 1 aliphatic heterocycles. The molecule has 0 N–H and O–H groups in total. The van der Waals surface area contributed by atoms with Crippen LogP contribution >= 0.6 is 27.7 Å². The van der Waals surface area contributed by atoms with Gasteiger partial charge in [0.2, 0.25) is 5.91 Å². The normalized spacial score (nSPS) is 15.7. The Bertz CT molecular complexity index is 747. The third-order valence-electron chi connectivity index (χ3n) is 3.84. The number of hydrogen-bond donors (Lipinski definition) is 0. The van der Waals surface area contributed by atoms with Gasteiger partial charge in [-0.05, 0) is 56.8 Å². The van der Waals surface area contributed by atoms with Gasteiger partial charge in [-0.3, -0.25) is 19.3 Å². The third-order valence-corrected chi connectivity index (χ3v) is 5.24. The van der Waals surface area contributed by atoms with Gasteiger partial charge in [0.25, 0.3) is 11.1 Å². The molecule has 0 spiro atoms. The zero-order chi connectivity index (χ0) is 19.3. The van der Waals surface area contributed by atoms with Crippen molar-refractivity contribution in [1.82, 2.24) is 9.80 Å². The zero-order valence-corrected chi connectivity index (χ0v) is 17.4. The highest BCUT2D eigenvalue weighted by Gasteiger charge is 2.37. The number of amides is 3. The summed E-state index contributed by atoms with van der Waals surface area (Å²) >= 11 is 4.23. The van der Waals surface area contributed by atoms with E-state index in [0.29, 0.717) is 31.0 Å². The molecule has 1 aliphatic rings. The van der Waals surface area contributed by atoms with Gasteiger partial charge in [0.15, 0.2) is 0 Å². The van der Waals surface area contributed by atoms with Crippen molar-refractivity contribution >= 4 is 50.8 Å². The number of likely N-dealkylation sites (N-methyl/N-ethyl adjacent to an activating group) is 1. The lowest BCUT2D eigenvalue weighted by atomic mass is 10.2. The molecule has 0 unspecified atom stereocenters. The first-order valence-electron chi connectivity index (χ1n) is 8.36. The minimum absolute atomic E-state index is 0.236. The molecule has 1 saturated heterocycles. The van der Waals surface area contributed by atoms with Crippen LogP contribution in [0.1, 0.15) is 26.3 Å². The van der Waals surface area contributed by atoms with E-state index in [1.807, 2.05) is 32.9 Å². The van der Waals surface area contributed by atoms with Crippen LogP contribution in [0.5, 0.6) is 5.75 Å². The fourth-order valence-corrected chi connectivity index (χ4v) is 3.72. The Labute approximate surface area is 165 Å². The monoisotopic (exact) mass is 440 g/mol. The number of ether oxygens (including phenoxy) is 1. The second-order valence-corrected chi connectivity index (χ2v) is 7.36. The zero-order valence-electron chi connectivity index (χ0n) is 15.0. The molecule has 2 rings (SSSR count). The standard InChI is InChI=1S/C18H21BrN2O4S/c1-4-20(5-2)16(22)11-21-17(23)15(26-18(21)24)10-12-9-13(19)7-8-14(12)25-6-3/h7-10H,4-6,11H2,1-3H3/b15-10-. The van der Waals surface area contributed by atoms with Crippen LogP contribution in [0, 0.1) is 0 Å². The third kappa shape index (κ3) is 4.67. The summed E-state index contributed by atoms with van der Waals surface area (Å²) in [6.07, 6.45) is 1.63.